The lowest BCUT2D eigenvalue weighted by Crippen LogP contribution is -2.28. The number of thiophene rings is 2. The highest BCUT2D eigenvalue weighted by atomic mass is 32.1. The SMILES string of the molecule is CN(Cc1cccs1)C(=O)c1cc2sccc2n1Cc1cccc(F)c1. The van der Waals surface area contributed by atoms with Crippen molar-refractivity contribution in [2.75, 3.05) is 7.05 Å². The summed E-state index contributed by atoms with van der Waals surface area (Å²) in [6.45, 7) is 1.04. The van der Waals surface area contributed by atoms with E-state index in [0.29, 0.717) is 18.8 Å². The highest BCUT2D eigenvalue weighted by Crippen LogP contribution is 2.27. The van der Waals surface area contributed by atoms with E-state index in [4.69, 9.17) is 0 Å². The molecule has 0 unspecified atom stereocenters. The number of nitrogens with zero attached hydrogens (tertiary/aromatic N) is 2. The van der Waals surface area contributed by atoms with Crippen LogP contribution in [0.15, 0.2) is 59.3 Å². The molecule has 3 nitrogen and oxygen atoms in total. The van der Waals surface area contributed by atoms with Crippen LogP contribution in [-0.4, -0.2) is 22.4 Å². The molecule has 3 aromatic heterocycles. The molecule has 0 spiro atoms. The van der Waals surface area contributed by atoms with Gasteiger partial charge in [0.15, 0.2) is 0 Å². The van der Waals surface area contributed by atoms with Crippen molar-refractivity contribution in [2.24, 2.45) is 0 Å². The lowest BCUT2D eigenvalue weighted by molar-refractivity contribution is 0.0777. The van der Waals surface area contributed by atoms with Crippen molar-refractivity contribution in [1.82, 2.24) is 9.47 Å². The summed E-state index contributed by atoms with van der Waals surface area (Å²) in [5.41, 5.74) is 2.48. The highest BCUT2D eigenvalue weighted by Gasteiger charge is 2.20. The summed E-state index contributed by atoms with van der Waals surface area (Å²) < 4.78 is 16.6. The van der Waals surface area contributed by atoms with Crippen LogP contribution in [0.5, 0.6) is 0 Å². The van der Waals surface area contributed by atoms with Crippen LogP contribution in [-0.2, 0) is 13.1 Å². The lowest BCUT2D eigenvalue weighted by atomic mass is 10.2. The van der Waals surface area contributed by atoms with Crippen LogP contribution in [0.4, 0.5) is 4.39 Å². The summed E-state index contributed by atoms with van der Waals surface area (Å²) in [5, 5.41) is 4.02. The number of carbonyl (C=O) groups is 1. The molecular weight excluding hydrogens is 367 g/mol. The smallest absolute Gasteiger partial charge is 0.270 e. The number of amides is 1. The number of halogens is 1. The van der Waals surface area contributed by atoms with E-state index in [-0.39, 0.29) is 11.7 Å². The van der Waals surface area contributed by atoms with E-state index >= 15 is 0 Å². The highest BCUT2D eigenvalue weighted by molar-refractivity contribution is 7.17. The molecule has 6 heteroatoms. The maximum Gasteiger partial charge on any atom is 0.270 e. The van der Waals surface area contributed by atoms with Crippen molar-refractivity contribution in [2.45, 2.75) is 13.1 Å². The minimum Gasteiger partial charge on any atom is -0.335 e. The molecule has 3 heterocycles. The topological polar surface area (TPSA) is 25.2 Å². The Morgan fingerprint density at radius 2 is 2.00 bits per heavy atom. The second-order valence-electron chi connectivity index (χ2n) is 6.16. The molecule has 132 valence electrons. The van der Waals surface area contributed by atoms with Crippen LogP contribution < -0.4 is 0 Å². The molecule has 26 heavy (non-hydrogen) atoms. The van der Waals surface area contributed by atoms with Gasteiger partial charge in [0.05, 0.1) is 16.8 Å². The number of aromatic nitrogens is 1. The molecule has 0 bridgehead atoms. The molecule has 1 aromatic carbocycles. The zero-order valence-corrected chi connectivity index (χ0v) is 15.8. The molecule has 0 N–H and O–H groups in total. The van der Waals surface area contributed by atoms with Gasteiger partial charge in [-0.1, -0.05) is 18.2 Å². The van der Waals surface area contributed by atoms with Crippen LogP contribution in [0, 0.1) is 5.82 Å². The Bertz CT molecular complexity index is 1050. The first-order valence-corrected chi connectivity index (χ1v) is 9.97. The van der Waals surface area contributed by atoms with Gasteiger partial charge in [-0.05, 0) is 46.7 Å². The van der Waals surface area contributed by atoms with E-state index in [2.05, 4.69) is 0 Å². The molecule has 4 rings (SSSR count). The standard InChI is InChI=1S/C20H17FN2OS2/c1-22(13-16-6-3-8-25-16)20(24)18-11-19-17(7-9-26-19)23(18)12-14-4-2-5-15(21)10-14/h2-11H,12-13H2,1H3. The number of carbonyl (C=O) groups excluding carboxylic acids is 1. The monoisotopic (exact) mass is 384 g/mol. The van der Waals surface area contributed by atoms with Crippen molar-refractivity contribution < 1.29 is 9.18 Å². The van der Waals surface area contributed by atoms with Crippen LogP contribution in [0.1, 0.15) is 20.9 Å². The maximum absolute atomic E-state index is 13.6. The molecular formula is C20H17FN2OS2. The molecule has 0 saturated heterocycles. The van der Waals surface area contributed by atoms with Crippen LogP contribution in [0.2, 0.25) is 0 Å². The third-order valence-corrected chi connectivity index (χ3v) is 6.01. The molecule has 0 radical (unpaired) electrons. The summed E-state index contributed by atoms with van der Waals surface area (Å²) in [4.78, 5) is 15.9. The first kappa shape index (κ1) is 17.0. The average molecular weight is 385 g/mol. The van der Waals surface area contributed by atoms with Gasteiger partial charge in [0, 0.05) is 18.5 Å². The normalized spacial score (nSPS) is 11.2. The predicted octanol–water partition coefficient (Wildman–Crippen LogP) is 5.22. The second-order valence-corrected chi connectivity index (χ2v) is 8.14. The van der Waals surface area contributed by atoms with Gasteiger partial charge in [-0.25, -0.2) is 4.39 Å². The fraction of sp³-hybridized carbons (Fsp3) is 0.150. The van der Waals surface area contributed by atoms with E-state index in [1.54, 1.807) is 33.6 Å². The third kappa shape index (κ3) is 3.30. The first-order valence-electron chi connectivity index (χ1n) is 8.21. The molecule has 4 aromatic rings. The minimum atomic E-state index is -0.265. The van der Waals surface area contributed by atoms with E-state index in [1.165, 1.54) is 12.1 Å². The fourth-order valence-electron chi connectivity index (χ4n) is 3.05. The molecule has 0 fully saturated rings. The lowest BCUT2D eigenvalue weighted by Gasteiger charge is -2.18. The Labute approximate surface area is 158 Å². The van der Waals surface area contributed by atoms with E-state index in [1.807, 2.05) is 52.7 Å². The van der Waals surface area contributed by atoms with Gasteiger partial charge in [0.1, 0.15) is 11.5 Å². The van der Waals surface area contributed by atoms with Gasteiger partial charge in [0.2, 0.25) is 0 Å². The van der Waals surface area contributed by atoms with Crippen LogP contribution in [0.25, 0.3) is 10.2 Å². The van der Waals surface area contributed by atoms with Gasteiger partial charge in [-0.3, -0.25) is 4.79 Å². The summed E-state index contributed by atoms with van der Waals surface area (Å²) in [5.74, 6) is -0.294. The van der Waals surface area contributed by atoms with Crippen molar-refractivity contribution in [3.63, 3.8) is 0 Å². The zero-order valence-electron chi connectivity index (χ0n) is 14.2. The first-order chi connectivity index (χ1) is 12.6. The molecule has 0 aliphatic heterocycles. The number of fused-ring (bicyclic) bond motifs is 1. The summed E-state index contributed by atoms with van der Waals surface area (Å²) in [7, 11) is 1.82. The Morgan fingerprint density at radius 1 is 1.12 bits per heavy atom. The molecule has 0 aliphatic carbocycles. The van der Waals surface area contributed by atoms with Gasteiger partial charge < -0.3 is 9.47 Å². The van der Waals surface area contributed by atoms with Gasteiger partial charge >= 0.3 is 0 Å². The van der Waals surface area contributed by atoms with E-state index in [0.717, 1.165) is 20.7 Å². The van der Waals surface area contributed by atoms with Gasteiger partial charge in [0.25, 0.3) is 5.91 Å². The Hall–Kier alpha value is -2.44. The van der Waals surface area contributed by atoms with Crippen molar-refractivity contribution in [1.29, 1.82) is 0 Å². The molecule has 0 saturated carbocycles. The molecule has 0 aliphatic rings. The third-order valence-electron chi connectivity index (χ3n) is 4.29. The van der Waals surface area contributed by atoms with Crippen molar-refractivity contribution >= 4 is 38.8 Å². The summed E-state index contributed by atoms with van der Waals surface area (Å²) in [6.07, 6.45) is 0. The largest absolute Gasteiger partial charge is 0.335 e. The van der Waals surface area contributed by atoms with E-state index in [9.17, 15) is 9.18 Å². The van der Waals surface area contributed by atoms with Crippen LogP contribution >= 0.6 is 22.7 Å². The number of hydrogen-bond acceptors (Lipinski definition) is 3. The number of rotatable bonds is 5. The average Bonchev–Trinajstić information content (AvgIpc) is 3.33. The quantitative estimate of drug-likeness (QED) is 0.463. The second kappa shape index (κ2) is 7.05. The fourth-order valence-corrected chi connectivity index (χ4v) is 4.63. The van der Waals surface area contributed by atoms with Gasteiger partial charge in [-0.2, -0.15) is 0 Å². The zero-order chi connectivity index (χ0) is 18.1. The Morgan fingerprint density at radius 3 is 2.77 bits per heavy atom. The van der Waals surface area contributed by atoms with Gasteiger partial charge in [-0.15, -0.1) is 22.7 Å². The predicted molar refractivity (Wildman–Crippen MR) is 105 cm³/mol. The molecule has 0 atom stereocenters. The molecule has 1 amide bonds. The summed E-state index contributed by atoms with van der Waals surface area (Å²) in [6, 6.07) is 14.5. The number of benzene rings is 1. The van der Waals surface area contributed by atoms with Crippen molar-refractivity contribution in [3.8, 4) is 0 Å². The van der Waals surface area contributed by atoms with E-state index < -0.39 is 0 Å². The maximum atomic E-state index is 13.6. The Balaban J connectivity index is 1.68. The van der Waals surface area contributed by atoms with Crippen molar-refractivity contribution in [3.05, 3.63) is 81.2 Å². The van der Waals surface area contributed by atoms with Crippen LogP contribution in [0.3, 0.4) is 0 Å². The minimum absolute atomic E-state index is 0.0294. The summed E-state index contributed by atoms with van der Waals surface area (Å²) >= 11 is 3.25. The number of hydrogen-bond donors (Lipinski definition) is 0. The Kier molecular flexibility index (Phi) is 4.61.